The van der Waals surface area contributed by atoms with Gasteiger partial charge in [0.25, 0.3) is 0 Å². The zero-order valence-corrected chi connectivity index (χ0v) is 15.7. The van der Waals surface area contributed by atoms with Gasteiger partial charge in [0.05, 0.1) is 29.5 Å². The number of rotatable bonds is 4. The quantitative estimate of drug-likeness (QED) is 0.710. The number of allylic oxidation sites excluding steroid dienone is 1. The van der Waals surface area contributed by atoms with Gasteiger partial charge in [-0.25, -0.2) is 9.07 Å². The number of halogens is 1. The van der Waals surface area contributed by atoms with Crippen LogP contribution in [0.5, 0.6) is 5.75 Å². The lowest BCUT2D eigenvalue weighted by Crippen LogP contribution is -2.47. The highest BCUT2D eigenvalue weighted by Gasteiger charge is 2.43. The lowest BCUT2D eigenvalue weighted by atomic mass is 9.83. The second-order valence-corrected chi connectivity index (χ2v) is 7.71. The average molecular weight is 392 g/mol. The first-order valence-electron chi connectivity index (χ1n) is 9.73. The maximum absolute atomic E-state index is 14.8. The second-order valence-electron chi connectivity index (χ2n) is 7.71. The summed E-state index contributed by atoms with van der Waals surface area (Å²) in [6.45, 7) is 4.12. The monoisotopic (exact) mass is 392 g/mol. The molecule has 7 nitrogen and oxygen atoms in total. The number of phenols is 1. The number of nitrogens with one attached hydrogen (secondary N) is 1. The Balaban J connectivity index is 1.37. The summed E-state index contributed by atoms with van der Waals surface area (Å²) < 4.78 is 16.4. The van der Waals surface area contributed by atoms with Gasteiger partial charge in [0, 0.05) is 29.6 Å². The zero-order valence-electron chi connectivity index (χ0n) is 15.7. The van der Waals surface area contributed by atoms with Crippen LogP contribution in [-0.4, -0.2) is 48.6 Å². The molecule has 0 radical (unpaired) electrons. The van der Waals surface area contributed by atoms with Crippen LogP contribution in [0.4, 0.5) is 4.39 Å². The van der Waals surface area contributed by atoms with Gasteiger partial charge >= 0.3 is 0 Å². The number of fused-ring (bicyclic) bond motifs is 2. The molecule has 2 fully saturated rings. The molecule has 5 rings (SSSR count). The molecule has 29 heavy (non-hydrogen) atoms. The van der Waals surface area contributed by atoms with E-state index in [0.717, 1.165) is 19.3 Å². The Morgan fingerprint density at radius 1 is 1.21 bits per heavy atom. The summed E-state index contributed by atoms with van der Waals surface area (Å²) in [5.41, 5.74) is 3.08. The molecule has 8 heteroatoms. The lowest BCUT2D eigenvalue weighted by molar-refractivity contribution is 0.167. The summed E-state index contributed by atoms with van der Waals surface area (Å²) >= 11 is 0. The first kappa shape index (κ1) is 17.9. The number of piperidine rings is 1. The van der Waals surface area contributed by atoms with Crippen LogP contribution < -0.4 is 5.32 Å². The van der Waals surface area contributed by atoms with Crippen molar-refractivity contribution in [2.24, 2.45) is 5.92 Å². The predicted octanol–water partition coefficient (Wildman–Crippen LogP) is 2.92. The molecule has 2 aliphatic heterocycles. The fourth-order valence-electron chi connectivity index (χ4n) is 4.40. The number of hydrogen-bond acceptors (Lipinski definition) is 6. The molecule has 2 aliphatic rings. The molecule has 2 unspecified atom stereocenters. The van der Waals surface area contributed by atoms with Crippen molar-refractivity contribution in [3.8, 4) is 22.7 Å². The van der Waals surface area contributed by atoms with Crippen molar-refractivity contribution in [3.05, 3.63) is 55.0 Å². The van der Waals surface area contributed by atoms with Gasteiger partial charge in [-0.3, -0.25) is 0 Å². The van der Waals surface area contributed by atoms with Crippen LogP contribution in [-0.2, 0) is 0 Å². The van der Waals surface area contributed by atoms with E-state index in [1.807, 2.05) is 6.07 Å². The molecular weight excluding hydrogens is 371 g/mol. The fourth-order valence-corrected chi connectivity index (χ4v) is 4.40. The SMILES string of the molecule is C=C(c1ccc(-c2ccc(-n3ccnn3)cc2O)nn1)[C@H]1CC2CCC(N2)[C@@H]1F. The van der Waals surface area contributed by atoms with Crippen LogP contribution in [0.15, 0.2) is 49.3 Å². The molecule has 0 amide bonds. The topological polar surface area (TPSA) is 88.8 Å². The molecular formula is C21H21FN6O. The molecule has 148 valence electrons. The Morgan fingerprint density at radius 2 is 2.10 bits per heavy atom. The largest absolute Gasteiger partial charge is 0.507 e. The van der Waals surface area contributed by atoms with E-state index in [1.165, 1.54) is 0 Å². The van der Waals surface area contributed by atoms with Gasteiger partial charge in [-0.05, 0) is 49.1 Å². The number of nitrogens with zero attached hydrogens (tertiary/aromatic N) is 5. The van der Waals surface area contributed by atoms with Crippen LogP contribution in [0, 0.1) is 5.92 Å². The molecule has 0 aliphatic carbocycles. The van der Waals surface area contributed by atoms with E-state index < -0.39 is 6.17 Å². The molecule has 4 heterocycles. The van der Waals surface area contributed by atoms with Gasteiger partial charge in [-0.1, -0.05) is 11.8 Å². The average Bonchev–Trinajstić information content (AvgIpc) is 3.41. The smallest absolute Gasteiger partial charge is 0.127 e. The third-order valence-corrected chi connectivity index (χ3v) is 5.97. The highest BCUT2D eigenvalue weighted by molar-refractivity contribution is 5.70. The Labute approximate surface area is 167 Å². The molecule has 0 spiro atoms. The molecule has 2 aromatic heterocycles. The Hall–Kier alpha value is -3.13. The van der Waals surface area contributed by atoms with E-state index in [0.29, 0.717) is 34.3 Å². The molecule has 4 atom stereocenters. The first-order valence-corrected chi connectivity index (χ1v) is 9.73. The summed E-state index contributed by atoms with van der Waals surface area (Å²) in [5, 5.41) is 30.0. The third kappa shape index (κ3) is 3.19. The Morgan fingerprint density at radius 3 is 2.83 bits per heavy atom. The summed E-state index contributed by atoms with van der Waals surface area (Å²) in [4.78, 5) is 0. The summed E-state index contributed by atoms with van der Waals surface area (Å²) in [6, 6.07) is 9.03. The Kier molecular flexibility index (Phi) is 4.35. The van der Waals surface area contributed by atoms with E-state index in [-0.39, 0.29) is 17.7 Å². The number of alkyl halides is 1. The van der Waals surface area contributed by atoms with Gasteiger partial charge in [-0.2, -0.15) is 5.10 Å². The van der Waals surface area contributed by atoms with Crippen molar-refractivity contribution in [1.82, 2.24) is 30.5 Å². The second kappa shape index (κ2) is 7.04. The first-order chi connectivity index (χ1) is 14.1. The molecule has 2 N–H and O–H groups in total. The highest BCUT2D eigenvalue weighted by atomic mass is 19.1. The van der Waals surface area contributed by atoms with Crippen LogP contribution >= 0.6 is 0 Å². The van der Waals surface area contributed by atoms with Gasteiger partial charge in [0.15, 0.2) is 0 Å². The maximum atomic E-state index is 14.8. The van der Waals surface area contributed by atoms with Crippen molar-refractivity contribution >= 4 is 5.57 Å². The van der Waals surface area contributed by atoms with Gasteiger partial charge < -0.3 is 10.4 Å². The lowest BCUT2D eigenvalue weighted by Gasteiger charge is -2.33. The Bertz CT molecular complexity index is 1040. The number of aromatic hydroxyl groups is 1. The number of benzene rings is 1. The van der Waals surface area contributed by atoms with Crippen LogP contribution in [0.1, 0.15) is 25.0 Å². The van der Waals surface area contributed by atoms with E-state index in [4.69, 9.17) is 0 Å². The van der Waals surface area contributed by atoms with Crippen molar-refractivity contribution < 1.29 is 9.50 Å². The predicted molar refractivity (Wildman–Crippen MR) is 106 cm³/mol. The number of hydrogen-bond donors (Lipinski definition) is 2. The minimum Gasteiger partial charge on any atom is -0.507 e. The maximum Gasteiger partial charge on any atom is 0.127 e. The number of aromatic nitrogens is 5. The van der Waals surface area contributed by atoms with Crippen molar-refractivity contribution in [2.45, 2.75) is 37.5 Å². The fraction of sp³-hybridized carbons (Fsp3) is 0.333. The number of phenolic OH excluding ortho intramolecular Hbond substituents is 1. The zero-order chi connectivity index (χ0) is 20.0. The van der Waals surface area contributed by atoms with Crippen molar-refractivity contribution in [1.29, 1.82) is 0 Å². The van der Waals surface area contributed by atoms with Crippen molar-refractivity contribution in [3.63, 3.8) is 0 Å². The van der Waals surface area contributed by atoms with Gasteiger partial charge in [0.1, 0.15) is 11.9 Å². The molecule has 2 saturated heterocycles. The van der Waals surface area contributed by atoms with Gasteiger partial charge in [0.2, 0.25) is 0 Å². The normalized spacial score (nSPS) is 25.8. The molecule has 0 saturated carbocycles. The summed E-state index contributed by atoms with van der Waals surface area (Å²) in [5.74, 6) is -0.165. The highest BCUT2D eigenvalue weighted by Crippen LogP contribution is 2.39. The summed E-state index contributed by atoms with van der Waals surface area (Å²) in [6.07, 6.45) is 4.95. The minimum absolute atomic E-state index is 0.0672. The van der Waals surface area contributed by atoms with Gasteiger partial charge in [-0.15, -0.1) is 10.2 Å². The van der Waals surface area contributed by atoms with E-state index >= 15 is 0 Å². The van der Waals surface area contributed by atoms with E-state index in [1.54, 1.807) is 41.3 Å². The van der Waals surface area contributed by atoms with Crippen LogP contribution in [0.25, 0.3) is 22.5 Å². The van der Waals surface area contributed by atoms with Crippen LogP contribution in [0.2, 0.25) is 0 Å². The molecule has 1 aromatic carbocycles. The molecule has 3 aromatic rings. The standard InChI is InChI=1S/C21H21FN6O/c1-12(16-10-13-2-5-19(24-13)21(16)22)17-6-7-18(26-25-17)15-4-3-14(11-20(15)29)28-9-8-23-27-28/h3-4,6-9,11,13,16,19,21,24,29H,1-2,5,10H2/t13?,16-,19?,21-/m1/s1. The summed E-state index contributed by atoms with van der Waals surface area (Å²) in [7, 11) is 0. The minimum atomic E-state index is -0.948. The van der Waals surface area contributed by atoms with E-state index in [9.17, 15) is 9.50 Å². The van der Waals surface area contributed by atoms with Crippen molar-refractivity contribution in [2.75, 3.05) is 0 Å². The van der Waals surface area contributed by atoms with E-state index in [2.05, 4.69) is 32.4 Å². The molecule has 2 bridgehead atoms. The third-order valence-electron chi connectivity index (χ3n) is 5.97. The van der Waals surface area contributed by atoms with Crippen LogP contribution in [0.3, 0.4) is 0 Å².